The standard InChI is InChI=1S/C24H22N2O2/c1-23(2)16-9-5-6-10-17(16)26(3)24(23)14-25-22-20(28-24)13-12-19-21(22)15-8-4-7-11-18(15)27-19/h4-14,19,21H,1-3H3. The second-order valence-corrected chi connectivity index (χ2v) is 8.46. The van der Waals surface area contributed by atoms with Gasteiger partial charge in [-0.1, -0.05) is 36.4 Å². The molecule has 0 amide bonds. The summed E-state index contributed by atoms with van der Waals surface area (Å²) >= 11 is 0. The Labute approximate surface area is 164 Å². The first-order valence-corrected chi connectivity index (χ1v) is 9.78. The summed E-state index contributed by atoms with van der Waals surface area (Å²) in [6.45, 7) is 4.46. The fraction of sp³-hybridized carbons (Fsp3) is 0.292. The van der Waals surface area contributed by atoms with Crippen LogP contribution < -0.4 is 9.64 Å². The molecule has 0 N–H and O–H groups in total. The third-order valence-corrected chi connectivity index (χ3v) is 6.81. The van der Waals surface area contributed by atoms with E-state index in [0.717, 1.165) is 17.2 Å². The van der Waals surface area contributed by atoms with Gasteiger partial charge in [-0.05, 0) is 43.7 Å². The molecule has 1 spiro atoms. The van der Waals surface area contributed by atoms with Gasteiger partial charge in [0.1, 0.15) is 17.6 Å². The molecule has 2 aromatic carbocycles. The molecule has 4 nitrogen and oxygen atoms in total. The van der Waals surface area contributed by atoms with Crippen LogP contribution in [-0.4, -0.2) is 25.1 Å². The molecule has 28 heavy (non-hydrogen) atoms. The average molecular weight is 370 g/mol. The molecule has 3 heterocycles. The first kappa shape index (κ1) is 16.0. The molecule has 1 aliphatic carbocycles. The van der Waals surface area contributed by atoms with E-state index in [0.29, 0.717) is 0 Å². The van der Waals surface area contributed by atoms with Crippen LogP contribution in [0.15, 0.2) is 77.1 Å². The maximum atomic E-state index is 6.79. The average Bonchev–Trinajstić information content (AvgIpc) is 3.17. The highest BCUT2D eigenvalue weighted by atomic mass is 16.5. The van der Waals surface area contributed by atoms with Gasteiger partial charge in [0.15, 0.2) is 0 Å². The molecule has 0 radical (unpaired) electrons. The van der Waals surface area contributed by atoms with Crippen LogP contribution in [0.5, 0.6) is 5.75 Å². The maximum absolute atomic E-state index is 6.79. The molecule has 0 aromatic heterocycles. The molecule has 0 fully saturated rings. The predicted molar refractivity (Wildman–Crippen MR) is 110 cm³/mol. The van der Waals surface area contributed by atoms with Crippen molar-refractivity contribution in [2.24, 2.45) is 4.99 Å². The zero-order chi connectivity index (χ0) is 19.1. The van der Waals surface area contributed by atoms with Crippen molar-refractivity contribution >= 4 is 11.9 Å². The second-order valence-electron chi connectivity index (χ2n) is 8.46. The largest absolute Gasteiger partial charge is 0.485 e. The van der Waals surface area contributed by atoms with E-state index in [1.54, 1.807) is 0 Å². The summed E-state index contributed by atoms with van der Waals surface area (Å²) in [5, 5.41) is 0. The van der Waals surface area contributed by atoms with Crippen molar-refractivity contribution in [2.75, 3.05) is 11.9 Å². The molecular formula is C24H22N2O2. The topological polar surface area (TPSA) is 34.1 Å². The van der Waals surface area contributed by atoms with Gasteiger partial charge in [0.25, 0.3) is 0 Å². The van der Waals surface area contributed by atoms with E-state index < -0.39 is 5.72 Å². The van der Waals surface area contributed by atoms with Crippen molar-refractivity contribution in [1.82, 2.24) is 0 Å². The lowest BCUT2D eigenvalue weighted by molar-refractivity contribution is 0.0183. The third kappa shape index (κ3) is 1.74. The van der Waals surface area contributed by atoms with E-state index in [4.69, 9.17) is 14.5 Å². The molecule has 4 aliphatic rings. The van der Waals surface area contributed by atoms with Gasteiger partial charge in [0, 0.05) is 18.3 Å². The zero-order valence-corrected chi connectivity index (χ0v) is 16.2. The minimum Gasteiger partial charge on any atom is -0.485 e. The van der Waals surface area contributed by atoms with E-state index in [9.17, 15) is 0 Å². The molecule has 0 bridgehead atoms. The second kappa shape index (κ2) is 5.07. The number of para-hydroxylation sites is 2. The number of hydrogen-bond acceptors (Lipinski definition) is 4. The maximum Gasteiger partial charge on any atom is 0.228 e. The minimum atomic E-state index is -0.647. The van der Waals surface area contributed by atoms with Crippen LogP contribution in [0.25, 0.3) is 0 Å². The van der Waals surface area contributed by atoms with Crippen molar-refractivity contribution in [2.45, 2.75) is 37.0 Å². The monoisotopic (exact) mass is 370 g/mol. The fourth-order valence-electron chi connectivity index (χ4n) is 5.22. The Hall–Kier alpha value is -3.01. The van der Waals surface area contributed by atoms with E-state index in [1.165, 1.54) is 16.8 Å². The molecule has 3 atom stereocenters. The van der Waals surface area contributed by atoms with Crippen LogP contribution in [0.3, 0.4) is 0 Å². The van der Waals surface area contributed by atoms with E-state index in [2.05, 4.69) is 68.3 Å². The number of anilines is 1. The quantitative estimate of drug-likeness (QED) is 0.683. The summed E-state index contributed by atoms with van der Waals surface area (Å²) in [5.74, 6) is 1.87. The first-order valence-electron chi connectivity index (χ1n) is 9.78. The molecule has 140 valence electrons. The normalized spacial score (nSPS) is 30.5. The highest BCUT2D eigenvalue weighted by Crippen LogP contribution is 2.55. The van der Waals surface area contributed by atoms with Gasteiger partial charge in [-0.2, -0.15) is 0 Å². The fourth-order valence-corrected chi connectivity index (χ4v) is 5.22. The Kier molecular flexibility index (Phi) is 2.90. The third-order valence-electron chi connectivity index (χ3n) is 6.81. The van der Waals surface area contributed by atoms with Gasteiger partial charge >= 0.3 is 0 Å². The molecule has 3 aliphatic heterocycles. The highest BCUT2D eigenvalue weighted by molar-refractivity contribution is 5.85. The zero-order valence-electron chi connectivity index (χ0n) is 16.2. The smallest absolute Gasteiger partial charge is 0.228 e. The van der Waals surface area contributed by atoms with Crippen molar-refractivity contribution in [3.8, 4) is 5.75 Å². The Balaban J connectivity index is 1.46. The number of allylic oxidation sites excluding steroid dienone is 1. The Bertz CT molecular complexity index is 1100. The van der Waals surface area contributed by atoms with Gasteiger partial charge in [-0.15, -0.1) is 0 Å². The van der Waals surface area contributed by atoms with E-state index in [1.807, 2.05) is 24.4 Å². The van der Waals surface area contributed by atoms with Gasteiger partial charge in [-0.25, -0.2) is 0 Å². The number of aliphatic imine (C=N–C) groups is 1. The summed E-state index contributed by atoms with van der Waals surface area (Å²) in [7, 11) is 2.09. The van der Waals surface area contributed by atoms with Crippen LogP contribution in [0, 0.1) is 0 Å². The molecule has 2 aromatic rings. The lowest BCUT2D eigenvalue weighted by Crippen LogP contribution is -2.58. The number of benzene rings is 2. The van der Waals surface area contributed by atoms with Crippen LogP contribution in [0.4, 0.5) is 5.69 Å². The van der Waals surface area contributed by atoms with E-state index in [-0.39, 0.29) is 17.4 Å². The highest BCUT2D eigenvalue weighted by Gasteiger charge is 2.59. The van der Waals surface area contributed by atoms with Crippen LogP contribution in [0.2, 0.25) is 0 Å². The summed E-state index contributed by atoms with van der Waals surface area (Å²) in [5.41, 5.74) is 3.72. The van der Waals surface area contributed by atoms with Crippen molar-refractivity contribution in [3.05, 3.63) is 83.3 Å². The Morgan fingerprint density at radius 1 is 1.04 bits per heavy atom. The van der Waals surface area contributed by atoms with Crippen LogP contribution >= 0.6 is 0 Å². The summed E-state index contributed by atoms with van der Waals surface area (Å²) in [4.78, 5) is 7.23. The van der Waals surface area contributed by atoms with Gasteiger partial charge in [0.2, 0.25) is 5.72 Å². The molecule has 4 heteroatoms. The summed E-state index contributed by atoms with van der Waals surface area (Å²) in [6, 6.07) is 16.7. The Morgan fingerprint density at radius 3 is 2.68 bits per heavy atom. The number of nitrogens with zero attached hydrogens (tertiary/aromatic N) is 2. The summed E-state index contributed by atoms with van der Waals surface area (Å²) in [6.07, 6.45) is 6.13. The Morgan fingerprint density at radius 2 is 1.82 bits per heavy atom. The van der Waals surface area contributed by atoms with Crippen LogP contribution in [-0.2, 0) is 10.2 Å². The van der Waals surface area contributed by atoms with Crippen molar-refractivity contribution < 1.29 is 9.47 Å². The molecule has 0 saturated heterocycles. The molecule has 0 saturated carbocycles. The lowest BCUT2D eigenvalue weighted by atomic mass is 9.77. The van der Waals surface area contributed by atoms with Crippen LogP contribution in [0.1, 0.15) is 30.9 Å². The lowest BCUT2D eigenvalue weighted by Gasteiger charge is -2.46. The molecule has 3 unspecified atom stereocenters. The summed E-state index contributed by atoms with van der Waals surface area (Å²) < 4.78 is 12.9. The molecule has 6 rings (SSSR count). The SMILES string of the molecule is CN1c2ccccc2C(C)(C)C12C=NC1=C(C=CC3Oc4ccccc4C13)O2. The van der Waals surface area contributed by atoms with E-state index >= 15 is 0 Å². The first-order chi connectivity index (χ1) is 13.5. The number of likely N-dealkylation sites (N-methyl/N-ethyl adjacent to an activating group) is 1. The number of rotatable bonds is 0. The molecular weight excluding hydrogens is 348 g/mol. The number of hydrogen-bond donors (Lipinski definition) is 0. The van der Waals surface area contributed by atoms with Crippen molar-refractivity contribution in [1.29, 1.82) is 0 Å². The number of fused-ring (bicyclic) bond motifs is 5. The minimum absolute atomic E-state index is 0.0162. The van der Waals surface area contributed by atoms with Gasteiger partial charge < -0.3 is 14.4 Å². The van der Waals surface area contributed by atoms with Gasteiger partial charge in [0.05, 0.1) is 23.2 Å². The number of ether oxygens (including phenoxy) is 2. The van der Waals surface area contributed by atoms with Crippen molar-refractivity contribution in [3.63, 3.8) is 0 Å². The van der Waals surface area contributed by atoms with Gasteiger partial charge in [-0.3, -0.25) is 4.99 Å². The predicted octanol–water partition coefficient (Wildman–Crippen LogP) is 4.54.